The van der Waals surface area contributed by atoms with E-state index in [0.717, 1.165) is 10.9 Å². The number of aliphatic hydroxyl groups excluding tert-OH is 1. The Morgan fingerprint density at radius 1 is 1.50 bits per heavy atom. The smallest absolute Gasteiger partial charge is 0.407 e. The number of aromatic nitrogens is 2. The average molecular weight is 363 g/mol. The van der Waals surface area contributed by atoms with Crippen LogP contribution in [0.5, 0.6) is 11.5 Å². The van der Waals surface area contributed by atoms with Crippen molar-refractivity contribution < 1.29 is 24.1 Å². The number of benzene rings is 1. The maximum Gasteiger partial charge on any atom is 0.407 e. The summed E-state index contributed by atoms with van der Waals surface area (Å²) in [5.74, 6) is 1.19. The van der Waals surface area contributed by atoms with Crippen molar-refractivity contribution in [1.82, 2.24) is 15.1 Å². The fraction of sp³-hybridized carbons (Fsp3) is 0.556. The van der Waals surface area contributed by atoms with Gasteiger partial charge < -0.3 is 24.6 Å². The molecule has 26 heavy (non-hydrogen) atoms. The quantitative estimate of drug-likeness (QED) is 0.864. The minimum Gasteiger partial charge on any atom is -0.486 e. The zero-order valence-corrected chi connectivity index (χ0v) is 15.5. The zero-order valence-electron chi connectivity index (χ0n) is 15.5. The molecule has 1 unspecified atom stereocenters. The Bertz CT molecular complexity index is 796. The highest BCUT2D eigenvalue weighted by Gasteiger charge is 2.25. The molecule has 0 fully saturated rings. The Labute approximate surface area is 152 Å². The zero-order chi connectivity index (χ0) is 18.9. The van der Waals surface area contributed by atoms with Gasteiger partial charge in [0.1, 0.15) is 17.7 Å². The van der Waals surface area contributed by atoms with Gasteiger partial charge in [-0.2, -0.15) is 5.10 Å². The SMILES string of the molecule is C[C@@H](Cn1ncc2ccc3c(c21)OC(CO)CO3)NC(=O)OC(C)(C)C. The number of rotatable bonds is 4. The van der Waals surface area contributed by atoms with Gasteiger partial charge in [0, 0.05) is 11.4 Å². The summed E-state index contributed by atoms with van der Waals surface area (Å²) in [5.41, 5.74) is 0.227. The minimum atomic E-state index is -0.550. The van der Waals surface area contributed by atoms with Crippen LogP contribution in [0.1, 0.15) is 27.7 Å². The standard InChI is InChI=1S/C18H25N3O5/c1-11(20-17(23)26-18(2,3)4)8-21-15-12(7-19-21)5-6-14-16(15)25-13(9-22)10-24-14/h5-7,11,13,22H,8-10H2,1-4H3,(H,20,23)/t11-,13?/m0/s1. The molecule has 0 saturated carbocycles. The molecular weight excluding hydrogens is 338 g/mol. The molecule has 1 aliphatic heterocycles. The number of nitrogens with zero attached hydrogens (tertiary/aromatic N) is 2. The molecule has 1 aliphatic rings. The van der Waals surface area contributed by atoms with Crippen LogP contribution < -0.4 is 14.8 Å². The number of ether oxygens (including phenoxy) is 3. The van der Waals surface area contributed by atoms with Crippen LogP contribution in [-0.2, 0) is 11.3 Å². The molecule has 0 aliphatic carbocycles. The highest BCUT2D eigenvalue weighted by Crippen LogP contribution is 2.38. The first-order chi connectivity index (χ1) is 12.3. The first-order valence-electron chi connectivity index (χ1n) is 8.65. The number of amides is 1. The van der Waals surface area contributed by atoms with Crippen LogP contribution in [0.15, 0.2) is 18.3 Å². The van der Waals surface area contributed by atoms with E-state index >= 15 is 0 Å². The van der Waals surface area contributed by atoms with E-state index in [1.807, 2.05) is 39.8 Å². The lowest BCUT2D eigenvalue weighted by Gasteiger charge is -2.26. The molecule has 1 aromatic heterocycles. The van der Waals surface area contributed by atoms with Crippen molar-refractivity contribution in [2.75, 3.05) is 13.2 Å². The van der Waals surface area contributed by atoms with E-state index in [1.165, 1.54) is 0 Å². The Hall–Kier alpha value is -2.48. The number of hydrogen-bond acceptors (Lipinski definition) is 6. The molecule has 1 amide bonds. The summed E-state index contributed by atoms with van der Waals surface area (Å²) < 4.78 is 18.6. The van der Waals surface area contributed by atoms with Crippen LogP contribution in [0.4, 0.5) is 4.79 Å². The van der Waals surface area contributed by atoms with Crippen molar-refractivity contribution in [1.29, 1.82) is 0 Å². The summed E-state index contributed by atoms with van der Waals surface area (Å²) in [5, 5.41) is 17.5. The van der Waals surface area contributed by atoms with Gasteiger partial charge in [0.05, 0.1) is 19.3 Å². The fourth-order valence-electron chi connectivity index (χ4n) is 2.78. The molecule has 0 spiro atoms. The number of aliphatic hydroxyl groups is 1. The van der Waals surface area contributed by atoms with Crippen molar-refractivity contribution in [2.45, 2.75) is 52.0 Å². The van der Waals surface area contributed by atoms with E-state index in [-0.39, 0.29) is 12.6 Å². The van der Waals surface area contributed by atoms with E-state index in [4.69, 9.17) is 14.2 Å². The van der Waals surface area contributed by atoms with Crippen molar-refractivity contribution in [3.05, 3.63) is 18.3 Å². The van der Waals surface area contributed by atoms with Crippen molar-refractivity contribution in [3.63, 3.8) is 0 Å². The second-order valence-corrected chi connectivity index (χ2v) is 7.44. The van der Waals surface area contributed by atoms with Crippen LogP contribution in [-0.4, -0.2) is 51.9 Å². The number of carbonyl (C=O) groups is 1. The second kappa shape index (κ2) is 7.03. The number of fused-ring (bicyclic) bond motifs is 3. The van der Waals surface area contributed by atoms with Crippen LogP contribution >= 0.6 is 0 Å². The third-order valence-corrected chi connectivity index (χ3v) is 3.84. The minimum absolute atomic E-state index is 0.124. The van der Waals surface area contributed by atoms with Crippen LogP contribution in [0.2, 0.25) is 0 Å². The van der Waals surface area contributed by atoms with Gasteiger partial charge in [0.15, 0.2) is 17.6 Å². The highest BCUT2D eigenvalue weighted by atomic mass is 16.6. The van der Waals surface area contributed by atoms with Crippen molar-refractivity contribution in [2.24, 2.45) is 0 Å². The van der Waals surface area contributed by atoms with E-state index in [2.05, 4.69) is 10.4 Å². The molecular formula is C18H25N3O5. The van der Waals surface area contributed by atoms with Gasteiger partial charge in [0.2, 0.25) is 0 Å². The predicted molar refractivity (Wildman–Crippen MR) is 95.6 cm³/mol. The topological polar surface area (TPSA) is 94.8 Å². The third-order valence-electron chi connectivity index (χ3n) is 3.84. The summed E-state index contributed by atoms with van der Waals surface area (Å²) in [6, 6.07) is 3.54. The molecule has 142 valence electrons. The largest absolute Gasteiger partial charge is 0.486 e. The molecule has 2 heterocycles. The number of hydrogen-bond donors (Lipinski definition) is 2. The monoisotopic (exact) mass is 363 g/mol. The Morgan fingerprint density at radius 3 is 2.96 bits per heavy atom. The Balaban J connectivity index is 1.79. The molecule has 0 radical (unpaired) electrons. The Morgan fingerprint density at radius 2 is 2.27 bits per heavy atom. The lowest BCUT2D eigenvalue weighted by atomic mass is 10.2. The molecule has 1 aromatic carbocycles. The van der Waals surface area contributed by atoms with E-state index in [1.54, 1.807) is 10.9 Å². The highest BCUT2D eigenvalue weighted by molar-refractivity contribution is 5.87. The first-order valence-corrected chi connectivity index (χ1v) is 8.65. The van der Waals surface area contributed by atoms with Gasteiger partial charge in [-0.3, -0.25) is 4.68 Å². The van der Waals surface area contributed by atoms with Crippen molar-refractivity contribution in [3.8, 4) is 11.5 Å². The van der Waals surface area contributed by atoms with E-state index in [0.29, 0.717) is 24.7 Å². The lowest BCUT2D eigenvalue weighted by molar-refractivity contribution is 0.0466. The van der Waals surface area contributed by atoms with Crippen LogP contribution in [0.3, 0.4) is 0 Å². The fourth-order valence-corrected chi connectivity index (χ4v) is 2.78. The number of nitrogens with one attached hydrogen (secondary N) is 1. The maximum absolute atomic E-state index is 11.9. The van der Waals surface area contributed by atoms with Gasteiger partial charge in [-0.25, -0.2) is 4.79 Å². The number of alkyl carbamates (subject to hydrolysis) is 1. The normalized spacial score (nSPS) is 17.8. The van der Waals surface area contributed by atoms with E-state index < -0.39 is 17.8 Å². The molecule has 8 heteroatoms. The molecule has 2 N–H and O–H groups in total. The summed E-state index contributed by atoms with van der Waals surface area (Å²) >= 11 is 0. The third kappa shape index (κ3) is 4.01. The van der Waals surface area contributed by atoms with Crippen molar-refractivity contribution >= 4 is 17.0 Å². The second-order valence-electron chi connectivity index (χ2n) is 7.44. The summed E-state index contributed by atoms with van der Waals surface area (Å²) in [4.78, 5) is 11.9. The van der Waals surface area contributed by atoms with Gasteiger partial charge in [-0.05, 0) is 39.8 Å². The molecule has 0 saturated heterocycles. The predicted octanol–water partition coefficient (Wildman–Crippen LogP) is 2.08. The number of carbonyl (C=O) groups excluding carboxylic acids is 1. The molecule has 0 bridgehead atoms. The van der Waals surface area contributed by atoms with Crippen LogP contribution in [0, 0.1) is 0 Å². The average Bonchev–Trinajstić information content (AvgIpc) is 2.95. The van der Waals surface area contributed by atoms with Gasteiger partial charge >= 0.3 is 6.09 Å². The maximum atomic E-state index is 11.9. The first kappa shape index (κ1) is 18.3. The summed E-state index contributed by atoms with van der Waals surface area (Å²) in [7, 11) is 0. The lowest BCUT2D eigenvalue weighted by Crippen LogP contribution is -2.39. The molecule has 2 atom stereocenters. The summed E-state index contributed by atoms with van der Waals surface area (Å²) in [6.45, 7) is 7.95. The van der Waals surface area contributed by atoms with E-state index in [9.17, 15) is 9.90 Å². The van der Waals surface area contributed by atoms with Gasteiger partial charge in [-0.1, -0.05) is 0 Å². The van der Waals surface area contributed by atoms with Crippen LogP contribution in [0.25, 0.3) is 10.9 Å². The van der Waals surface area contributed by atoms with Gasteiger partial charge in [0.25, 0.3) is 0 Å². The molecule has 3 rings (SSSR count). The Kier molecular flexibility index (Phi) is 4.95. The summed E-state index contributed by atoms with van der Waals surface area (Å²) in [6.07, 6.45) is 0.860. The molecule has 8 nitrogen and oxygen atoms in total. The van der Waals surface area contributed by atoms with Gasteiger partial charge in [-0.15, -0.1) is 0 Å². The molecule has 2 aromatic rings.